The van der Waals surface area contributed by atoms with Gasteiger partial charge in [0.1, 0.15) is 5.69 Å². The van der Waals surface area contributed by atoms with Crippen molar-refractivity contribution in [2.24, 2.45) is 0 Å². The number of amides is 2. The number of carbonyl (C=O) groups is 2. The molecule has 0 saturated carbocycles. The van der Waals surface area contributed by atoms with Crippen molar-refractivity contribution in [2.75, 3.05) is 27.2 Å². The Labute approximate surface area is 155 Å². The van der Waals surface area contributed by atoms with Gasteiger partial charge < -0.3 is 10.0 Å². The van der Waals surface area contributed by atoms with Crippen LogP contribution in [0.2, 0.25) is 0 Å². The monoisotopic (exact) mass is 365 g/mol. The number of carbonyl (C=O) groups excluding carboxylic acids is 2. The van der Waals surface area contributed by atoms with Crippen LogP contribution in [0.25, 0.3) is 16.5 Å². The molecule has 0 atom stereocenters. The smallest absolute Gasteiger partial charge is 0.261 e. The highest BCUT2D eigenvalue weighted by atomic mass is 16.3. The zero-order valence-electron chi connectivity index (χ0n) is 15.1. The molecule has 3 aromatic rings. The standard InChI is InChI=1S/C19H19N5O3/c1-22(2)8-9-23-18(26)14-5-3-4-13-16(24-10-12(11-25)20-21-24)7-6-15(17(13)14)19(23)27/h3-7,10,25H,8-9,11H2,1-2H3. The minimum atomic E-state index is -0.285. The second kappa shape index (κ2) is 6.57. The van der Waals surface area contributed by atoms with E-state index in [1.54, 1.807) is 35.1 Å². The average Bonchev–Trinajstić information content (AvgIpc) is 3.14. The van der Waals surface area contributed by atoms with Gasteiger partial charge in [0.15, 0.2) is 0 Å². The maximum atomic E-state index is 12.9. The van der Waals surface area contributed by atoms with Crippen LogP contribution >= 0.6 is 0 Å². The SMILES string of the molecule is CN(C)CCN1C(=O)c2cccc3c(-n4cc(CO)nn4)ccc(c23)C1=O. The lowest BCUT2D eigenvalue weighted by Gasteiger charge is -2.28. The van der Waals surface area contributed by atoms with Crippen molar-refractivity contribution in [2.45, 2.75) is 6.61 Å². The second-order valence-corrected chi connectivity index (χ2v) is 6.74. The minimum absolute atomic E-state index is 0.209. The van der Waals surface area contributed by atoms with Gasteiger partial charge in [0.25, 0.3) is 11.8 Å². The number of nitrogens with zero attached hydrogens (tertiary/aromatic N) is 5. The molecule has 1 aliphatic heterocycles. The maximum absolute atomic E-state index is 12.9. The van der Waals surface area contributed by atoms with Gasteiger partial charge in [-0.25, -0.2) is 4.68 Å². The Morgan fingerprint density at radius 2 is 1.81 bits per heavy atom. The molecule has 2 aromatic carbocycles. The highest BCUT2D eigenvalue weighted by Gasteiger charge is 2.33. The summed E-state index contributed by atoms with van der Waals surface area (Å²) in [4.78, 5) is 29.1. The Bertz CT molecular complexity index is 1030. The van der Waals surface area contributed by atoms with E-state index >= 15 is 0 Å². The Morgan fingerprint density at radius 1 is 1.07 bits per heavy atom. The molecule has 0 fully saturated rings. The lowest BCUT2D eigenvalue weighted by Crippen LogP contribution is -2.43. The van der Waals surface area contributed by atoms with Crippen molar-refractivity contribution in [3.63, 3.8) is 0 Å². The highest BCUT2D eigenvalue weighted by Crippen LogP contribution is 2.33. The summed E-state index contributed by atoms with van der Waals surface area (Å²) in [5.41, 5.74) is 2.15. The zero-order chi connectivity index (χ0) is 19.1. The third-order valence-corrected chi connectivity index (χ3v) is 4.69. The van der Waals surface area contributed by atoms with Crippen molar-refractivity contribution >= 4 is 22.6 Å². The van der Waals surface area contributed by atoms with Crippen molar-refractivity contribution in [1.29, 1.82) is 0 Å². The number of benzene rings is 2. The lowest BCUT2D eigenvalue weighted by molar-refractivity contribution is 0.0601. The second-order valence-electron chi connectivity index (χ2n) is 6.74. The molecule has 2 amide bonds. The van der Waals surface area contributed by atoms with Crippen molar-refractivity contribution in [1.82, 2.24) is 24.8 Å². The molecule has 1 aromatic heterocycles. The highest BCUT2D eigenvalue weighted by molar-refractivity contribution is 6.26. The van der Waals surface area contributed by atoms with Gasteiger partial charge in [-0.1, -0.05) is 17.3 Å². The van der Waals surface area contributed by atoms with Gasteiger partial charge in [-0.05, 0) is 32.3 Å². The topological polar surface area (TPSA) is 91.6 Å². The van der Waals surface area contributed by atoms with E-state index in [1.165, 1.54) is 4.90 Å². The van der Waals surface area contributed by atoms with Crippen LogP contribution in [0.3, 0.4) is 0 Å². The molecule has 2 heterocycles. The average molecular weight is 365 g/mol. The van der Waals surface area contributed by atoms with Crippen LogP contribution in [-0.4, -0.2) is 68.9 Å². The van der Waals surface area contributed by atoms with E-state index in [0.29, 0.717) is 41.0 Å². The molecule has 0 aliphatic carbocycles. The largest absolute Gasteiger partial charge is 0.390 e. The summed E-state index contributed by atoms with van der Waals surface area (Å²) in [5.74, 6) is -0.571. The first-order chi connectivity index (χ1) is 13.0. The number of aliphatic hydroxyl groups excluding tert-OH is 1. The summed E-state index contributed by atoms with van der Waals surface area (Å²) in [6.45, 7) is 0.730. The molecule has 0 saturated heterocycles. The van der Waals surface area contributed by atoms with Crippen LogP contribution in [0.4, 0.5) is 0 Å². The van der Waals surface area contributed by atoms with E-state index in [9.17, 15) is 14.7 Å². The maximum Gasteiger partial charge on any atom is 0.261 e. The molecular formula is C19H19N5O3. The molecule has 0 bridgehead atoms. The van der Waals surface area contributed by atoms with Crippen molar-refractivity contribution in [3.8, 4) is 5.69 Å². The summed E-state index contributed by atoms with van der Waals surface area (Å²) in [6, 6.07) is 8.90. The van der Waals surface area contributed by atoms with Crippen LogP contribution in [0, 0.1) is 0 Å². The number of aliphatic hydroxyl groups is 1. The van der Waals surface area contributed by atoms with E-state index in [1.807, 2.05) is 25.1 Å². The van der Waals surface area contributed by atoms with E-state index in [4.69, 9.17) is 0 Å². The van der Waals surface area contributed by atoms with E-state index < -0.39 is 0 Å². The van der Waals surface area contributed by atoms with Crippen LogP contribution < -0.4 is 0 Å². The van der Waals surface area contributed by atoms with Crippen LogP contribution in [0.5, 0.6) is 0 Å². The number of hydrogen-bond acceptors (Lipinski definition) is 6. The Morgan fingerprint density at radius 3 is 2.48 bits per heavy atom. The summed E-state index contributed by atoms with van der Waals surface area (Å²) >= 11 is 0. The molecule has 1 aliphatic rings. The molecule has 8 heteroatoms. The Kier molecular flexibility index (Phi) is 4.21. The fourth-order valence-corrected chi connectivity index (χ4v) is 3.32. The summed E-state index contributed by atoms with van der Waals surface area (Å²) in [5, 5.41) is 18.5. The van der Waals surface area contributed by atoms with Crippen LogP contribution in [-0.2, 0) is 6.61 Å². The van der Waals surface area contributed by atoms with Gasteiger partial charge in [-0.15, -0.1) is 5.10 Å². The fraction of sp³-hybridized carbons (Fsp3) is 0.263. The zero-order valence-corrected chi connectivity index (χ0v) is 15.1. The molecule has 138 valence electrons. The van der Waals surface area contributed by atoms with Crippen LogP contribution in [0.1, 0.15) is 26.4 Å². The molecule has 0 spiro atoms. The van der Waals surface area contributed by atoms with Crippen molar-refractivity contribution < 1.29 is 14.7 Å². The number of aromatic nitrogens is 3. The summed E-state index contributed by atoms with van der Waals surface area (Å²) in [7, 11) is 3.80. The van der Waals surface area contributed by atoms with Crippen LogP contribution in [0.15, 0.2) is 36.5 Å². The summed E-state index contributed by atoms with van der Waals surface area (Å²) in [6.07, 6.45) is 1.62. The molecule has 0 unspecified atom stereocenters. The van der Waals surface area contributed by atoms with Gasteiger partial charge in [-0.3, -0.25) is 14.5 Å². The third-order valence-electron chi connectivity index (χ3n) is 4.69. The lowest BCUT2D eigenvalue weighted by atomic mass is 9.93. The molecule has 0 radical (unpaired) electrons. The number of rotatable bonds is 5. The molecular weight excluding hydrogens is 346 g/mol. The number of likely N-dealkylation sites (N-methyl/N-ethyl adjacent to an activating group) is 1. The van der Waals surface area contributed by atoms with Gasteiger partial charge >= 0.3 is 0 Å². The third kappa shape index (κ3) is 2.79. The molecule has 4 rings (SSSR count). The predicted molar refractivity (Wildman–Crippen MR) is 98.7 cm³/mol. The first kappa shape index (κ1) is 17.3. The molecule has 8 nitrogen and oxygen atoms in total. The normalized spacial score (nSPS) is 13.9. The first-order valence-corrected chi connectivity index (χ1v) is 8.60. The van der Waals surface area contributed by atoms with Crippen molar-refractivity contribution in [3.05, 3.63) is 53.3 Å². The number of hydrogen-bond donors (Lipinski definition) is 1. The molecule has 27 heavy (non-hydrogen) atoms. The predicted octanol–water partition coefficient (Wildman–Crippen LogP) is 1.07. The van der Waals surface area contributed by atoms with Gasteiger partial charge in [0.05, 0.1) is 18.5 Å². The Balaban J connectivity index is 1.86. The van der Waals surface area contributed by atoms with Gasteiger partial charge in [0, 0.05) is 35.0 Å². The quantitative estimate of drug-likeness (QED) is 0.680. The van der Waals surface area contributed by atoms with E-state index in [-0.39, 0.29) is 18.4 Å². The van der Waals surface area contributed by atoms with E-state index in [0.717, 1.165) is 5.39 Å². The molecule has 1 N–H and O–H groups in total. The Hall–Kier alpha value is -3.10. The first-order valence-electron chi connectivity index (χ1n) is 8.60. The van der Waals surface area contributed by atoms with Gasteiger partial charge in [-0.2, -0.15) is 0 Å². The van der Waals surface area contributed by atoms with Gasteiger partial charge in [0.2, 0.25) is 0 Å². The number of imide groups is 1. The fourth-order valence-electron chi connectivity index (χ4n) is 3.32. The minimum Gasteiger partial charge on any atom is -0.390 e. The summed E-state index contributed by atoms with van der Waals surface area (Å²) < 4.78 is 1.54. The van der Waals surface area contributed by atoms with E-state index in [2.05, 4.69) is 10.3 Å².